The highest BCUT2D eigenvalue weighted by Gasteiger charge is 2.10. The fourth-order valence-electron chi connectivity index (χ4n) is 1.47. The zero-order valence-corrected chi connectivity index (χ0v) is 9.23. The maximum Gasteiger partial charge on any atom is 0.335 e. The molecule has 0 atom stereocenters. The van der Waals surface area contributed by atoms with E-state index in [-0.39, 0.29) is 5.56 Å². The molecule has 0 saturated carbocycles. The number of carboxylic acids is 1. The molecule has 7 heteroatoms. The number of rotatable bonds is 2. The Bertz CT molecular complexity index is 689. The summed E-state index contributed by atoms with van der Waals surface area (Å²) < 4.78 is 0.822. The average molecular weight is 246 g/mol. The Morgan fingerprint density at radius 3 is 3.00 bits per heavy atom. The van der Waals surface area contributed by atoms with Crippen LogP contribution in [0.5, 0.6) is 0 Å². The lowest BCUT2D eigenvalue weighted by molar-refractivity contribution is 0.0697. The van der Waals surface area contributed by atoms with Gasteiger partial charge in [-0.05, 0) is 18.2 Å². The number of carboxylic acid groups (broad SMARTS) is 1. The molecule has 0 radical (unpaired) electrons. The highest BCUT2D eigenvalue weighted by atomic mass is 32.1. The van der Waals surface area contributed by atoms with Gasteiger partial charge in [0.2, 0.25) is 0 Å². The third kappa shape index (κ3) is 1.66. The molecule has 6 nitrogen and oxygen atoms in total. The molecule has 1 aromatic carbocycles. The molecule has 0 fully saturated rings. The van der Waals surface area contributed by atoms with Crippen LogP contribution < -0.4 is 0 Å². The van der Waals surface area contributed by atoms with E-state index in [0.717, 1.165) is 15.2 Å². The predicted molar refractivity (Wildman–Crippen MR) is 62.0 cm³/mol. The van der Waals surface area contributed by atoms with Crippen LogP contribution in [0.4, 0.5) is 0 Å². The molecule has 0 amide bonds. The van der Waals surface area contributed by atoms with Crippen LogP contribution in [-0.2, 0) is 0 Å². The van der Waals surface area contributed by atoms with E-state index in [0.29, 0.717) is 5.69 Å². The Morgan fingerprint density at radius 2 is 2.29 bits per heavy atom. The maximum absolute atomic E-state index is 10.8. The van der Waals surface area contributed by atoms with Gasteiger partial charge in [0.1, 0.15) is 10.7 Å². The van der Waals surface area contributed by atoms with E-state index in [1.165, 1.54) is 17.4 Å². The highest BCUT2D eigenvalue weighted by Crippen LogP contribution is 2.29. The van der Waals surface area contributed by atoms with Gasteiger partial charge >= 0.3 is 5.97 Å². The third-order valence-corrected chi connectivity index (χ3v) is 3.31. The van der Waals surface area contributed by atoms with E-state index in [9.17, 15) is 4.79 Å². The lowest BCUT2D eigenvalue weighted by Gasteiger charge is -1.91. The number of aromatic carboxylic acids is 1. The number of fused-ring (bicyclic) bond motifs is 1. The number of H-pyrrole nitrogens is 1. The minimum absolute atomic E-state index is 0.257. The molecule has 0 spiro atoms. The Labute approximate surface area is 98.9 Å². The summed E-state index contributed by atoms with van der Waals surface area (Å²) in [7, 11) is 0. The molecule has 0 bridgehead atoms. The van der Waals surface area contributed by atoms with Gasteiger partial charge in [-0.2, -0.15) is 15.4 Å². The van der Waals surface area contributed by atoms with Gasteiger partial charge < -0.3 is 5.11 Å². The van der Waals surface area contributed by atoms with Crippen LogP contribution in [0.1, 0.15) is 10.4 Å². The fraction of sp³-hybridized carbons (Fsp3) is 0. The predicted octanol–water partition coefficient (Wildman–Crippen LogP) is 1.78. The maximum atomic E-state index is 10.8. The van der Waals surface area contributed by atoms with Crippen molar-refractivity contribution in [2.24, 2.45) is 0 Å². The van der Waals surface area contributed by atoms with Crippen molar-refractivity contribution in [2.45, 2.75) is 0 Å². The van der Waals surface area contributed by atoms with Gasteiger partial charge in [-0.25, -0.2) is 9.78 Å². The monoisotopic (exact) mass is 246 g/mol. The smallest absolute Gasteiger partial charge is 0.335 e. The molecule has 0 aliphatic heterocycles. The minimum atomic E-state index is -0.941. The first-order valence-corrected chi connectivity index (χ1v) is 5.56. The van der Waals surface area contributed by atoms with E-state index in [2.05, 4.69) is 20.4 Å². The van der Waals surface area contributed by atoms with Gasteiger partial charge in [-0.15, -0.1) is 11.3 Å². The van der Waals surface area contributed by atoms with Crippen LogP contribution in [0.2, 0.25) is 0 Å². The number of nitrogens with one attached hydrogen (secondary N) is 1. The van der Waals surface area contributed by atoms with Crippen LogP contribution in [0.25, 0.3) is 20.9 Å². The van der Waals surface area contributed by atoms with Gasteiger partial charge in [0.05, 0.1) is 22.0 Å². The molecule has 3 aromatic rings. The van der Waals surface area contributed by atoms with Crippen molar-refractivity contribution in [3.05, 3.63) is 30.0 Å². The summed E-state index contributed by atoms with van der Waals surface area (Å²) in [5, 5.41) is 19.8. The van der Waals surface area contributed by atoms with Crippen molar-refractivity contribution >= 4 is 27.5 Å². The van der Waals surface area contributed by atoms with Crippen molar-refractivity contribution < 1.29 is 9.90 Å². The molecular formula is C10H6N4O2S. The number of nitrogens with zero attached hydrogens (tertiary/aromatic N) is 3. The topological polar surface area (TPSA) is 91.8 Å². The molecule has 17 heavy (non-hydrogen) atoms. The molecule has 84 valence electrons. The number of aromatic nitrogens is 4. The summed E-state index contributed by atoms with van der Waals surface area (Å²) in [4.78, 5) is 15.2. The second-order valence-corrected chi connectivity index (χ2v) is 4.39. The number of aromatic amines is 1. The summed E-state index contributed by atoms with van der Waals surface area (Å²) >= 11 is 1.39. The van der Waals surface area contributed by atoms with Crippen LogP contribution in [-0.4, -0.2) is 31.5 Å². The first-order valence-electron chi connectivity index (χ1n) is 4.74. The summed E-state index contributed by atoms with van der Waals surface area (Å²) in [6.45, 7) is 0. The van der Waals surface area contributed by atoms with Gasteiger partial charge in [0, 0.05) is 0 Å². The number of hydrogen-bond donors (Lipinski definition) is 2. The van der Waals surface area contributed by atoms with E-state index in [1.54, 1.807) is 18.3 Å². The zero-order valence-electron chi connectivity index (χ0n) is 8.41. The Hall–Kier alpha value is -2.28. The standard InChI is InChI=1S/C10H6N4O2S/c15-10(16)5-1-2-6-8(3-5)17-9(12-6)7-4-11-14-13-7/h1-4H,(H,15,16)(H,11,13,14). The molecule has 0 aliphatic rings. The second kappa shape index (κ2) is 3.63. The highest BCUT2D eigenvalue weighted by molar-refractivity contribution is 7.21. The third-order valence-electron chi connectivity index (χ3n) is 2.27. The molecule has 0 unspecified atom stereocenters. The molecule has 0 saturated heterocycles. The molecule has 2 N–H and O–H groups in total. The van der Waals surface area contributed by atoms with Gasteiger partial charge in [-0.3, -0.25) is 0 Å². The van der Waals surface area contributed by atoms with Gasteiger partial charge in [-0.1, -0.05) is 0 Å². The van der Waals surface area contributed by atoms with E-state index < -0.39 is 5.97 Å². The van der Waals surface area contributed by atoms with E-state index in [4.69, 9.17) is 5.11 Å². The SMILES string of the molecule is O=C(O)c1ccc2nc(-c3cn[nH]n3)sc2c1. The number of benzene rings is 1. The van der Waals surface area contributed by atoms with Crippen LogP contribution in [0, 0.1) is 0 Å². The first-order chi connectivity index (χ1) is 8.24. The number of hydrogen-bond acceptors (Lipinski definition) is 5. The second-order valence-electron chi connectivity index (χ2n) is 3.36. The number of carbonyl (C=O) groups is 1. The molecule has 2 heterocycles. The normalized spacial score (nSPS) is 10.8. The Morgan fingerprint density at radius 1 is 1.41 bits per heavy atom. The van der Waals surface area contributed by atoms with Crippen LogP contribution >= 0.6 is 11.3 Å². The lowest BCUT2D eigenvalue weighted by Crippen LogP contribution is -1.94. The minimum Gasteiger partial charge on any atom is -0.478 e. The molecule has 2 aromatic heterocycles. The Kier molecular flexibility index (Phi) is 2.12. The van der Waals surface area contributed by atoms with Gasteiger partial charge in [0.15, 0.2) is 0 Å². The number of thiazole rings is 1. The van der Waals surface area contributed by atoms with E-state index in [1.807, 2.05) is 0 Å². The van der Waals surface area contributed by atoms with Gasteiger partial charge in [0.25, 0.3) is 0 Å². The van der Waals surface area contributed by atoms with E-state index >= 15 is 0 Å². The average Bonchev–Trinajstić information content (AvgIpc) is 2.96. The quantitative estimate of drug-likeness (QED) is 0.719. The summed E-state index contributed by atoms with van der Waals surface area (Å²) in [5.41, 5.74) is 1.67. The Balaban J connectivity index is 2.16. The van der Waals surface area contributed by atoms with Crippen molar-refractivity contribution in [1.82, 2.24) is 20.4 Å². The van der Waals surface area contributed by atoms with Crippen molar-refractivity contribution in [3.63, 3.8) is 0 Å². The first kappa shape index (κ1) is 9.91. The van der Waals surface area contributed by atoms with Crippen molar-refractivity contribution in [3.8, 4) is 10.7 Å². The van der Waals surface area contributed by atoms with Crippen molar-refractivity contribution in [2.75, 3.05) is 0 Å². The fourth-order valence-corrected chi connectivity index (χ4v) is 2.43. The van der Waals surface area contributed by atoms with Crippen LogP contribution in [0.3, 0.4) is 0 Å². The summed E-state index contributed by atoms with van der Waals surface area (Å²) in [5.74, 6) is -0.941. The largest absolute Gasteiger partial charge is 0.478 e. The summed E-state index contributed by atoms with van der Waals surface area (Å²) in [6.07, 6.45) is 1.58. The lowest BCUT2D eigenvalue weighted by atomic mass is 10.2. The van der Waals surface area contributed by atoms with Crippen LogP contribution in [0.15, 0.2) is 24.4 Å². The molecule has 0 aliphatic carbocycles. The zero-order chi connectivity index (χ0) is 11.8. The van der Waals surface area contributed by atoms with Crippen molar-refractivity contribution in [1.29, 1.82) is 0 Å². The molecule has 3 rings (SSSR count). The summed E-state index contributed by atoms with van der Waals surface area (Å²) in [6, 6.07) is 4.84. The molecular weight excluding hydrogens is 240 g/mol.